The highest BCUT2D eigenvalue weighted by Crippen LogP contribution is 2.33. The molecule has 0 radical (unpaired) electrons. The number of fused-ring (bicyclic) bond motifs is 1. The molecule has 0 aliphatic carbocycles. The summed E-state index contributed by atoms with van der Waals surface area (Å²) in [5.41, 5.74) is 2.76. The first-order chi connectivity index (χ1) is 16.5. The zero-order chi connectivity index (χ0) is 25.5. The third kappa shape index (κ3) is 4.90. The molecular weight excluding hydrogens is 530 g/mol. The van der Waals surface area contributed by atoms with Gasteiger partial charge in [-0.05, 0) is 56.5 Å². The van der Waals surface area contributed by atoms with E-state index in [0.717, 1.165) is 15.6 Å². The van der Waals surface area contributed by atoms with Gasteiger partial charge in [0.05, 0.1) is 11.4 Å². The Bertz CT molecular complexity index is 1230. The maximum Gasteiger partial charge on any atom is 0.246 e. The van der Waals surface area contributed by atoms with Crippen LogP contribution in [0.4, 0.5) is 0 Å². The molecule has 2 aromatic carbocycles. The number of piperazine rings is 1. The summed E-state index contributed by atoms with van der Waals surface area (Å²) in [5.74, 6) is -0.316. The number of amides is 2. The molecular formula is C26H32BrN3O4S. The molecule has 2 fully saturated rings. The van der Waals surface area contributed by atoms with E-state index < -0.39 is 22.2 Å². The van der Waals surface area contributed by atoms with Crippen molar-refractivity contribution in [2.24, 2.45) is 0 Å². The van der Waals surface area contributed by atoms with Crippen LogP contribution >= 0.6 is 15.9 Å². The smallest absolute Gasteiger partial charge is 0.246 e. The van der Waals surface area contributed by atoms with Gasteiger partial charge in [0, 0.05) is 29.9 Å². The van der Waals surface area contributed by atoms with Gasteiger partial charge in [0.2, 0.25) is 21.8 Å². The highest BCUT2D eigenvalue weighted by Gasteiger charge is 2.51. The average molecular weight is 563 g/mol. The third-order valence-corrected chi connectivity index (χ3v) is 9.41. The van der Waals surface area contributed by atoms with Crippen LogP contribution in [0.5, 0.6) is 0 Å². The Labute approximate surface area is 216 Å². The zero-order valence-electron chi connectivity index (χ0n) is 20.6. The largest absolute Gasteiger partial charge is 0.335 e. The van der Waals surface area contributed by atoms with Gasteiger partial charge >= 0.3 is 0 Å². The van der Waals surface area contributed by atoms with Crippen LogP contribution < -0.4 is 0 Å². The van der Waals surface area contributed by atoms with Crippen molar-refractivity contribution in [1.29, 1.82) is 0 Å². The number of hydrogen-bond donors (Lipinski definition) is 0. The number of carbonyl (C=O) groups is 2. The molecule has 0 bridgehead atoms. The van der Waals surface area contributed by atoms with E-state index in [0.29, 0.717) is 18.4 Å². The molecule has 2 amide bonds. The number of sulfonamides is 1. The van der Waals surface area contributed by atoms with Crippen molar-refractivity contribution in [2.45, 2.75) is 70.1 Å². The number of rotatable bonds is 6. The van der Waals surface area contributed by atoms with Crippen LogP contribution in [0.1, 0.15) is 43.9 Å². The Balaban J connectivity index is 1.77. The molecule has 0 saturated carbocycles. The van der Waals surface area contributed by atoms with Crippen molar-refractivity contribution in [3.05, 3.63) is 63.6 Å². The molecule has 2 unspecified atom stereocenters. The molecule has 0 aromatic heterocycles. The minimum absolute atomic E-state index is 0.0487. The van der Waals surface area contributed by atoms with Crippen LogP contribution in [0.3, 0.4) is 0 Å². The molecule has 4 rings (SSSR count). The second-order valence-electron chi connectivity index (χ2n) is 9.54. The molecule has 2 saturated heterocycles. The zero-order valence-corrected chi connectivity index (χ0v) is 23.0. The summed E-state index contributed by atoms with van der Waals surface area (Å²) in [6.45, 7) is 8.01. The molecule has 0 N–H and O–H groups in total. The number of carbonyl (C=O) groups excluding carboxylic acids is 2. The molecule has 7 nitrogen and oxygen atoms in total. The Hall–Kier alpha value is -2.23. The standard InChI is InChI=1S/C26H32BrN3O4S/c1-5-20-15-21(27)10-11-23(20)35(33,34)29-13-12-25(31)30-22(14-19-8-6-18(4)7-9-19)26(32)28(17(2)3)16-24(29)30/h6-11,15,17,22,24H,5,12-14,16H2,1-4H3. The van der Waals surface area contributed by atoms with Gasteiger partial charge in [-0.3, -0.25) is 9.59 Å². The topological polar surface area (TPSA) is 78.0 Å². The normalized spacial score (nSPS) is 21.5. The van der Waals surface area contributed by atoms with Crippen LogP contribution in [0.2, 0.25) is 0 Å². The summed E-state index contributed by atoms with van der Waals surface area (Å²) < 4.78 is 30.2. The second kappa shape index (κ2) is 10.0. The predicted molar refractivity (Wildman–Crippen MR) is 138 cm³/mol. The van der Waals surface area contributed by atoms with Crippen LogP contribution in [-0.4, -0.2) is 65.7 Å². The Morgan fingerprint density at radius 3 is 2.40 bits per heavy atom. The van der Waals surface area contributed by atoms with E-state index in [1.54, 1.807) is 17.0 Å². The Morgan fingerprint density at radius 2 is 1.77 bits per heavy atom. The van der Waals surface area contributed by atoms with Crippen molar-refractivity contribution in [2.75, 3.05) is 13.1 Å². The first-order valence-electron chi connectivity index (χ1n) is 12.0. The fraction of sp³-hybridized carbons (Fsp3) is 0.462. The van der Waals surface area contributed by atoms with Crippen LogP contribution in [-0.2, 0) is 32.5 Å². The summed E-state index contributed by atoms with van der Waals surface area (Å²) >= 11 is 3.43. The van der Waals surface area contributed by atoms with Crippen LogP contribution in [0.25, 0.3) is 0 Å². The minimum atomic E-state index is -3.90. The summed E-state index contributed by atoms with van der Waals surface area (Å²) in [4.78, 5) is 30.3. The van der Waals surface area contributed by atoms with Gasteiger partial charge in [-0.15, -0.1) is 0 Å². The van der Waals surface area contributed by atoms with Crippen molar-refractivity contribution in [3.63, 3.8) is 0 Å². The summed E-state index contributed by atoms with van der Waals surface area (Å²) in [6, 6.07) is 12.2. The highest BCUT2D eigenvalue weighted by molar-refractivity contribution is 9.10. The van der Waals surface area contributed by atoms with Crippen LogP contribution in [0, 0.1) is 6.92 Å². The van der Waals surface area contributed by atoms with Gasteiger partial charge in [0.25, 0.3) is 0 Å². The quantitative estimate of drug-likeness (QED) is 0.538. The number of nitrogens with zero attached hydrogens (tertiary/aromatic N) is 3. The molecule has 2 heterocycles. The SMILES string of the molecule is CCc1cc(Br)ccc1S(=O)(=O)N1CCC(=O)N2C(Cc3ccc(C)cc3)C(=O)N(C(C)C)CC21. The monoisotopic (exact) mass is 561 g/mol. The van der Waals surface area contributed by atoms with E-state index >= 15 is 0 Å². The van der Waals surface area contributed by atoms with Gasteiger partial charge < -0.3 is 9.80 Å². The highest BCUT2D eigenvalue weighted by atomic mass is 79.9. The van der Waals surface area contributed by atoms with E-state index in [4.69, 9.17) is 0 Å². The number of halogens is 1. The fourth-order valence-corrected chi connectivity index (χ4v) is 7.26. The van der Waals surface area contributed by atoms with E-state index in [9.17, 15) is 18.0 Å². The number of aryl methyl sites for hydroxylation is 2. The first-order valence-corrected chi connectivity index (χ1v) is 14.2. The van der Waals surface area contributed by atoms with Gasteiger partial charge in [0.1, 0.15) is 12.2 Å². The maximum absolute atomic E-state index is 14.0. The lowest BCUT2D eigenvalue weighted by Crippen LogP contribution is -2.72. The molecule has 35 heavy (non-hydrogen) atoms. The van der Waals surface area contributed by atoms with Gasteiger partial charge in [-0.2, -0.15) is 4.31 Å². The molecule has 2 aliphatic heterocycles. The number of benzene rings is 2. The fourth-order valence-electron chi connectivity index (χ4n) is 5.01. The van der Waals surface area contributed by atoms with E-state index in [1.165, 1.54) is 9.21 Å². The molecule has 9 heteroatoms. The maximum atomic E-state index is 14.0. The molecule has 188 valence electrons. The second-order valence-corrected chi connectivity index (χ2v) is 12.3. The van der Waals surface area contributed by atoms with Crippen molar-refractivity contribution in [1.82, 2.24) is 14.1 Å². The lowest BCUT2D eigenvalue weighted by molar-refractivity contribution is -0.166. The van der Waals surface area contributed by atoms with Gasteiger partial charge in [-0.1, -0.05) is 52.7 Å². The van der Waals surface area contributed by atoms with Crippen LogP contribution in [0.15, 0.2) is 51.8 Å². The molecule has 0 spiro atoms. The average Bonchev–Trinajstić information content (AvgIpc) is 2.81. The van der Waals surface area contributed by atoms with Crippen molar-refractivity contribution >= 4 is 37.8 Å². The Morgan fingerprint density at radius 1 is 1.09 bits per heavy atom. The van der Waals surface area contributed by atoms with E-state index in [2.05, 4.69) is 15.9 Å². The minimum Gasteiger partial charge on any atom is -0.335 e. The summed E-state index contributed by atoms with van der Waals surface area (Å²) in [7, 11) is -3.90. The van der Waals surface area contributed by atoms with Gasteiger partial charge in [-0.25, -0.2) is 8.42 Å². The third-order valence-electron chi connectivity index (χ3n) is 6.91. The summed E-state index contributed by atoms with van der Waals surface area (Å²) in [5, 5.41) is 0. The molecule has 2 atom stereocenters. The molecule has 2 aliphatic rings. The summed E-state index contributed by atoms with van der Waals surface area (Å²) in [6.07, 6.45) is 0.205. The first kappa shape index (κ1) is 25.9. The lowest BCUT2D eigenvalue weighted by Gasteiger charge is -2.52. The van der Waals surface area contributed by atoms with Crippen molar-refractivity contribution < 1.29 is 18.0 Å². The lowest BCUT2D eigenvalue weighted by atomic mass is 9.97. The Kier molecular flexibility index (Phi) is 7.41. The van der Waals surface area contributed by atoms with E-state index in [1.807, 2.05) is 58.0 Å². The molecule has 2 aromatic rings. The van der Waals surface area contributed by atoms with E-state index in [-0.39, 0.29) is 42.3 Å². The van der Waals surface area contributed by atoms with Gasteiger partial charge in [0.15, 0.2) is 0 Å². The van der Waals surface area contributed by atoms with Crippen molar-refractivity contribution in [3.8, 4) is 0 Å². The number of hydrogen-bond acceptors (Lipinski definition) is 4. The predicted octanol–water partition coefficient (Wildman–Crippen LogP) is 3.73.